The second-order valence-corrected chi connectivity index (χ2v) is 1.84. The third kappa shape index (κ3) is 0.630. The maximum Gasteiger partial charge on any atom is 0.184 e. The molecule has 2 rings (SSSR count). The van der Waals surface area contributed by atoms with Crippen LogP contribution < -0.4 is 0 Å². The van der Waals surface area contributed by atoms with Gasteiger partial charge in [0, 0.05) is 6.54 Å². The highest BCUT2D eigenvalue weighted by molar-refractivity contribution is 5.75. The first-order chi connectivity index (χ1) is 4.47. The molecule has 0 unspecified atom stereocenters. The van der Waals surface area contributed by atoms with Crippen LogP contribution in [-0.2, 0) is 6.54 Å². The molecule has 2 heterocycles. The molecule has 1 radical (unpaired) electrons. The molecule has 1 aromatic heterocycles. The summed E-state index contributed by atoms with van der Waals surface area (Å²) >= 11 is 0. The van der Waals surface area contributed by atoms with E-state index in [1.54, 1.807) is 6.33 Å². The van der Waals surface area contributed by atoms with Gasteiger partial charge in [0.25, 0.3) is 0 Å². The predicted molar refractivity (Wildman–Crippen MR) is 31.4 cm³/mol. The van der Waals surface area contributed by atoms with E-state index in [1.165, 1.54) is 0 Å². The van der Waals surface area contributed by atoms with E-state index in [0.717, 1.165) is 18.9 Å². The van der Waals surface area contributed by atoms with Crippen LogP contribution in [0.3, 0.4) is 0 Å². The molecule has 45 valence electrons. The molecule has 0 saturated carbocycles. The number of hydrogen-bond donors (Lipinski definition) is 0. The van der Waals surface area contributed by atoms with Crippen LogP contribution in [0.4, 0.5) is 0 Å². The zero-order valence-corrected chi connectivity index (χ0v) is 4.78. The monoisotopic (exact) mass is 121 g/mol. The molecule has 0 amide bonds. The molecule has 4 heteroatoms. The molecule has 4 nitrogen and oxygen atoms in total. The summed E-state index contributed by atoms with van der Waals surface area (Å²) in [5, 5.41) is 7.46. The van der Waals surface area contributed by atoms with Gasteiger partial charge in [-0.15, -0.1) is 10.2 Å². The molecule has 0 fully saturated rings. The van der Waals surface area contributed by atoms with Gasteiger partial charge in [-0.2, -0.15) is 0 Å². The summed E-state index contributed by atoms with van der Waals surface area (Å²) in [6.07, 6.45) is 4.45. The fourth-order valence-corrected chi connectivity index (χ4v) is 0.790. The maximum atomic E-state index is 3.92. The summed E-state index contributed by atoms with van der Waals surface area (Å²) in [6.45, 7) is 1.68. The number of nitrogens with zero attached hydrogens (tertiary/aromatic N) is 4. The molecule has 0 N–H and O–H groups in total. The molecule has 1 aromatic rings. The average molecular weight is 121 g/mol. The lowest BCUT2D eigenvalue weighted by Crippen LogP contribution is -2.09. The van der Waals surface area contributed by atoms with E-state index in [0.29, 0.717) is 0 Å². The number of hydrogen-bond acceptors (Lipinski definition) is 3. The van der Waals surface area contributed by atoms with E-state index in [1.807, 2.05) is 4.57 Å². The van der Waals surface area contributed by atoms with Gasteiger partial charge in [-0.05, 0) is 0 Å². The lowest BCUT2D eigenvalue weighted by atomic mass is 10.5. The van der Waals surface area contributed by atoms with Crippen LogP contribution in [0, 0.1) is 0 Å². The normalized spacial score (nSPS) is 15.6. The van der Waals surface area contributed by atoms with E-state index >= 15 is 0 Å². The summed E-state index contributed by atoms with van der Waals surface area (Å²) < 4.78 is 1.92. The van der Waals surface area contributed by atoms with Crippen LogP contribution in [0.1, 0.15) is 5.82 Å². The standard InChI is InChI=1S/C5H5N4/c1-2-9-4-7-8-5(9)3-6-1/h4H,1-2H2. The van der Waals surface area contributed by atoms with Gasteiger partial charge in [-0.3, -0.25) is 4.99 Å². The van der Waals surface area contributed by atoms with Crippen LogP contribution >= 0.6 is 0 Å². The second-order valence-electron chi connectivity index (χ2n) is 1.84. The highest BCUT2D eigenvalue weighted by Crippen LogP contribution is 1.96. The zero-order valence-electron chi connectivity index (χ0n) is 4.78. The Labute approximate surface area is 52.2 Å². The molecular formula is C5H5N4. The van der Waals surface area contributed by atoms with Crippen molar-refractivity contribution in [2.45, 2.75) is 6.54 Å². The van der Waals surface area contributed by atoms with Gasteiger partial charge in [0.1, 0.15) is 12.5 Å². The topological polar surface area (TPSA) is 43.1 Å². The predicted octanol–water partition coefficient (Wildman–Crippen LogP) is -0.412. The maximum absolute atomic E-state index is 3.92. The van der Waals surface area contributed by atoms with Crippen molar-refractivity contribution in [3.8, 4) is 0 Å². The summed E-state index contributed by atoms with van der Waals surface area (Å²) in [5.41, 5.74) is 0. The lowest BCUT2D eigenvalue weighted by Gasteiger charge is -2.03. The summed E-state index contributed by atoms with van der Waals surface area (Å²) in [4.78, 5) is 3.92. The van der Waals surface area contributed by atoms with Gasteiger partial charge in [-0.1, -0.05) is 0 Å². The number of aliphatic imine (C=N–C) groups is 1. The van der Waals surface area contributed by atoms with E-state index in [9.17, 15) is 0 Å². The first-order valence-corrected chi connectivity index (χ1v) is 2.77. The van der Waals surface area contributed by atoms with Gasteiger partial charge >= 0.3 is 0 Å². The minimum absolute atomic E-state index is 0.737. The van der Waals surface area contributed by atoms with Crippen LogP contribution in [0.2, 0.25) is 0 Å². The largest absolute Gasteiger partial charge is 0.310 e. The van der Waals surface area contributed by atoms with E-state index < -0.39 is 0 Å². The van der Waals surface area contributed by atoms with Gasteiger partial charge in [-0.25, -0.2) is 0 Å². The molecule has 1 aliphatic rings. The molecule has 0 aromatic carbocycles. The van der Waals surface area contributed by atoms with Crippen molar-refractivity contribution in [1.29, 1.82) is 0 Å². The average Bonchev–Trinajstić information content (AvgIpc) is 2.33. The second kappa shape index (κ2) is 1.65. The SMILES string of the molecule is [C]1=NCCn2cnnc21. The van der Waals surface area contributed by atoms with Crippen LogP contribution in [0.5, 0.6) is 0 Å². The van der Waals surface area contributed by atoms with Crippen molar-refractivity contribution < 1.29 is 0 Å². The van der Waals surface area contributed by atoms with Crippen LogP contribution in [0.15, 0.2) is 11.3 Å². The molecule has 9 heavy (non-hydrogen) atoms. The Kier molecular flexibility index (Phi) is 0.855. The lowest BCUT2D eigenvalue weighted by molar-refractivity contribution is 0.686. The van der Waals surface area contributed by atoms with Crippen molar-refractivity contribution in [1.82, 2.24) is 14.8 Å². The molecule has 1 aliphatic heterocycles. The summed E-state index contributed by atoms with van der Waals surface area (Å²) in [6, 6.07) is 0. The molecule has 0 spiro atoms. The third-order valence-corrected chi connectivity index (χ3v) is 1.25. The Morgan fingerprint density at radius 1 is 1.67 bits per heavy atom. The highest BCUT2D eigenvalue weighted by atomic mass is 15.3. The number of rotatable bonds is 0. The Balaban J connectivity index is 2.53. The van der Waals surface area contributed by atoms with E-state index in [4.69, 9.17) is 0 Å². The Bertz CT molecular complexity index is 237. The minimum atomic E-state index is 0.737. The van der Waals surface area contributed by atoms with Crippen molar-refractivity contribution in [2.24, 2.45) is 4.99 Å². The smallest absolute Gasteiger partial charge is 0.184 e. The molecule has 0 aliphatic carbocycles. The minimum Gasteiger partial charge on any atom is -0.310 e. The van der Waals surface area contributed by atoms with Crippen molar-refractivity contribution >= 4 is 6.21 Å². The fraction of sp³-hybridized carbons (Fsp3) is 0.400. The van der Waals surface area contributed by atoms with Gasteiger partial charge in [0.15, 0.2) is 5.82 Å². The Morgan fingerprint density at radius 2 is 2.67 bits per heavy atom. The third-order valence-electron chi connectivity index (χ3n) is 1.25. The van der Waals surface area contributed by atoms with Crippen molar-refractivity contribution in [3.05, 3.63) is 12.2 Å². The summed E-state index contributed by atoms with van der Waals surface area (Å²) in [7, 11) is 0. The van der Waals surface area contributed by atoms with Crippen LogP contribution in [0.25, 0.3) is 0 Å². The molecular weight excluding hydrogens is 116 g/mol. The summed E-state index contributed by atoms with van der Waals surface area (Å²) in [5.74, 6) is 0.737. The zero-order chi connectivity index (χ0) is 6.10. The van der Waals surface area contributed by atoms with Crippen molar-refractivity contribution in [2.75, 3.05) is 6.54 Å². The van der Waals surface area contributed by atoms with E-state index in [-0.39, 0.29) is 0 Å². The first-order valence-electron chi connectivity index (χ1n) is 2.77. The van der Waals surface area contributed by atoms with Gasteiger partial charge in [0.05, 0.1) is 6.54 Å². The van der Waals surface area contributed by atoms with Crippen LogP contribution in [-0.4, -0.2) is 27.5 Å². The first kappa shape index (κ1) is 4.67. The molecule has 0 atom stereocenters. The van der Waals surface area contributed by atoms with Gasteiger partial charge in [0.2, 0.25) is 0 Å². The molecule has 0 saturated heterocycles. The Morgan fingerprint density at radius 3 is 3.56 bits per heavy atom. The van der Waals surface area contributed by atoms with Gasteiger partial charge < -0.3 is 4.57 Å². The van der Waals surface area contributed by atoms with E-state index in [2.05, 4.69) is 21.4 Å². The highest BCUT2D eigenvalue weighted by Gasteiger charge is 2.03. The fourth-order valence-electron chi connectivity index (χ4n) is 0.790. The van der Waals surface area contributed by atoms with Crippen molar-refractivity contribution in [3.63, 3.8) is 0 Å². The Hall–Kier alpha value is -1.19. The number of fused-ring (bicyclic) bond motifs is 1. The quantitative estimate of drug-likeness (QED) is 0.468. The molecule has 0 bridgehead atoms. The number of aromatic nitrogens is 3.